The highest BCUT2D eigenvalue weighted by Crippen LogP contribution is 2.54. The summed E-state index contributed by atoms with van der Waals surface area (Å²) in [6.07, 6.45) is 7.53. The van der Waals surface area contributed by atoms with Gasteiger partial charge in [0.1, 0.15) is 0 Å². The van der Waals surface area contributed by atoms with Crippen molar-refractivity contribution in [3.8, 4) is 0 Å². The van der Waals surface area contributed by atoms with E-state index < -0.39 is 0 Å². The summed E-state index contributed by atoms with van der Waals surface area (Å²) in [5.41, 5.74) is 0. The number of thioether (sulfide) groups is 1. The van der Waals surface area contributed by atoms with Gasteiger partial charge < -0.3 is 5.32 Å². The van der Waals surface area contributed by atoms with Gasteiger partial charge in [-0.2, -0.15) is 11.8 Å². The van der Waals surface area contributed by atoms with Gasteiger partial charge in [-0.3, -0.25) is 4.79 Å². The maximum atomic E-state index is 12.2. The normalized spacial score (nSPS) is 43.5. The third kappa shape index (κ3) is 2.49. The Kier molecular flexibility index (Phi) is 3.38. The van der Waals surface area contributed by atoms with E-state index in [1.807, 2.05) is 11.8 Å². The summed E-state index contributed by atoms with van der Waals surface area (Å²) in [5.74, 6) is 3.72. The largest absolute Gasteiger partial charge is 0.352 e. The lowest BCUT2D eigenvalue weighted by Gasteiger charge is -2.22. The van der Waals surface area contributed by atoms with E-state index in [-0.39, 0.29) is 0 Å². The van der Waals surface area contributed by atoms with Gasteiger partial charge in [0, 0.05) is 17.2 Å². The van der Waals surface area contributed by atoms with Crippen molar-refractivity contribution in [2.24, 2.45) is 17.8 Å². The van der Waals surface area contributed by atoms with E-state index in [0.29, 0.717) is 23.1 Å². The highest BCUT2D eigenvalue weighted by molar-refractivity contribution is 7.99. The number of amides is 1. The molecule has 3 aliphatic rings. The van der Waals surface area contributed by atoms with Crippen molar-refractivity contribution in [2.75, 3.05) is 5.75 Å². The highest BCUT2D eigenvalue weighted by Gasteiger charge is 2.48. The fourth-order valence-corrected chi connectivity index (χ4v) is 4.93. The minimum Gasteiger partial charge on any atom is -0.352 e. The molecule has 0 heterocycles. The van der Waals surface area contributed by atoms with Crippen molar-refractivity contribution in [1.29, 1.82) is 0 Å². The summed E-state index contributed by atoms with van der Waals surface area (Å²) in [6.45, 7) is 2.21. The zero-order chi connectivity index (χ0) is 11.8. The molecular weight excluding hydrogens is 230 g/mol. The summed E-state index contributed by atoms with van der Waals surface area (Å²) >= 11 is 2.03. The van der Waals surface area contributed by atoms with Gasteiger partial charge in [-0.1, -0.05) is 13.3 Å². The fraction of sp³-hybridized carbons (Fsp3) is 0.929. The zero-order valence-electron chi connectivity index (χ0n) is 10.7. The molecular formula is C14H23NOS. The molecule has 0 aromatic rings. The molecule has 3 saturated carbocycles. The van der Waals surface area contributed by atoms with E-state index >= 15 is 0 Å². The number of rotatable bonds is 4. The summed E-state index contributed by atoms with van der Waals surface area (Å²) in [7, 11) is 0. The van der Waals surface area contributed by atoms with Crippen LogP contribution in [-0.4, -0.2) is 23.0 Å². The van der Waals surface area contributed by atoms with Crippen LogP contribution in [0.15, 0.2) is 0 Å². The Labute approximate surface area is 108 Å². The van der Waals surface area contributed by atoms with Crippen LogP contribution in [0.25, 0.3) is 0 Å². The molecule has 3 rings (SSSR count). The molecule has 0 bridgehead atoms. The first-order chi connectivity index (χ1) is 8.28. The molecule has 0 spiro atoms. The lowest BCUT2D eigenvalue weighted by Crippen LogP contribution is -2.41. The van der Waals surface area contributed by atoms with Gasteiger partial charge in [-0.25, -0.2) is 0 Å². The number of hydrogen-bond donors (Lipinski definition) is 1. The summed E-state index contributed by atoms with van der Waals surface area (Å²) in [4.78, 5) is 12.2. The molecule has 96 valence electrons. The number of hydrogen-bond acceptors (Lipinski definition) is 2. The predicted octanol–water partition coefficient (Wildman–Crippen LogP) is 2.82. The predicted molar refractivity (Wildman–Crippen MR) is 72.0 cm³/mol. The van der Waals surface area contributed by atoms with E-state index in [1.165, 1.54) is 44.3 Å². The summed E-state index contributed by atoms with van der Waals surface area (Å²) < 4.78 is 0. The average molecular weight is 253 g/mol. The zero-order valence-corrected chi connectivity index (χ0v) is 11.5. The Bertz CT molecular complexity index is 297. The Hall–Kier alpha value is -0.180. The standard InChI is InChI=1S/C14H23NOS/c1-2-17-13-5-3-4-12(13)15-14(16)11-7-9-6-10(9)8-11/h9-13H,2-8H2,1H3,(H,15,16). The van der Waals surface area contributed by atoms with Crippen LogP contribution in [0.4, 0.5) is 0 Å². The quantitative estimate of drug-likeness (QED) is 0.834. The third-order valence-electron chi connectivity index (χ3n) is 4.78. The molecule has 0 aromatic carbocycles. The van der Waals surface area contributed by atoms with Crippen molar-refractivity contribution in [2.45, 2.75) is 56.7 Å². The van der Waals surface area contributed by atoms with Gasteiger partial charge in [0.25, 0.3) is 0 Å². The van der Waals surface area contributed by atoms with E-state index in [1.54, 1.807) is 0 Å². The number of carbonyl (C=O) groups is 1. The van der Waals surface area contributed by atoms with Crippen molar-refractivity contribution in [1.82, 2.24) is 5.32 Å². The second-order valence-electron chi connectivity index (χ2n) is 5.96. The lowest BCUT2D eigenvalue weighted by molar-refractivity contribution is -0.125. The molecule has 2 nitrogen and oxygen atoms in total. The smallest absolute Gasteiger partial charge is 0.223 e. The number of carbonyl (C=O) groups excluding carboxylic acids is 1. The Balaban J connectivity index is 1.50. The highest BCUT2D eigenvalue weighted by atomic mass is 32.2. The van der Waals surface area contributed by atoms with Gasteiger partial charge in [-0.15, -0.1) is 0 Å². The second-order valence-corrected chi connectivity index (χ2v) is 7.48. The van der Waals surface area contributed by atoms with Crippen LogP contribution < -0.4 is 5.32 Å². The minimum atomic E-state index is 0.353. The maximum absolute atomic E-state index is 12.2. The molecule has 1 N–H and O–H groups in total. The third-order valence-corrected chi connectivity index (χ3v) is 6.10. The number of nitrogens with one attached hydrogen (secondary N) is 1. The monoisotopic (exact) mass is 253 g/mol. The Morgan fingerprint density at radius 3 is 2.71 bits per heavy atom. The lowest BCUT2D eigenvalue weighted by atomic mass is 10.0. The van der Waals surface area contributed by atoms with E-state index in [9.17, 15) is 4.79 Å². The van der Waals surface area contributed by atoms with Gasteiger partial charge in [0.2, 0.25) is 5.91 Å². The van der Waals surface area contributed by atoms with Crippen LogP contribution in [0.2, 0.25) is 0 Å². The summed E-state index contributed by atoms with van der Waals surface area (Å²) in [5, 5.41) is 4.02. The topological polar surface area (TPSA) is 29.1 Å². The molecule has 3 aliphatic carbocycles. The molecule has 0 saturated heterocycles. The van der Waals surface area contributed by atoms with Gasteiger partial charge in [-0.05, 0) is 49.7 Å². The van der Waals surface area contributed by atoms with Crippen molar-refractivity contribution < 1.29 is 4.79 Å². The summed E-state index contributed by atoms with van der Waals surface area (Å²) in [6, 6.07) is 0.462. The molecule has 3 fully saturated rings. The van der Waals surface area contributed by atoms with E-state index in [2.05, 4.69) is 12.2 Å². The van der Waals surface area contributed by atoms with Crippen molar-refractivity contribution in [3.63, 3.8) is 0 Å². The fourth-order valence-electron chi connectivity index (χ4n) is 3.73. The van der Waals surface area contributed by atoms with Crippen LogP contribution in [0.3, 0.4) is 0 Å². The average Bonchev–Trinajstić information content (AvgIpc) is 2.75. The molecule has 17 heavy (non-hydrogen) atoms. The number of fused-ring (bicyclic) bond motifs is 1. The van der Waals surface area contributed by atoms with Crippen LogP contribution in [0, 0.1) is 17.8 Å². The van der Waals surface area contributed by atoms with E-state index in [0.717, 1.165) is 11.8 Å². The molecule has 3 heteroatoms. The van der Waals surface area contributed by atoms with Crippen LogP contribution in [0.5, 0.6) is 0 Å². The van der Waals surface area contributed by atoms with Crippen molar-refractivity contribution in [3.05, 3.63) is 0 Å². The van der Waals surface area contributed by atoms with E-state index in [4.69, 9.17) is 0 Å². The minimum absolute atomic E-state index is 0.353. The SMILES string of the molecule is CCSC1CCCC1NC(=O)C1CC2CC2C1. The second kappa shape index (κ2) is 4.83. The first-order valence-corrected chi connectivity index (χ1v) is 8.24. The van der Waals surface area contributed by atoms with Crippen molar-refractivity contribution >= 4 is 17.7 Å². The van der Waals surface area contributed by atoms with Gasteiger partial charge >= 0.3 is 0 Å². The van der Waals surface area contributed by atoms with Gasteiger partial charge in [0.05, 0.1) is 0 Å². The molecule has 0 aliphatic heterocycles. The molecule has 0 radical (unpaired) electrons. The Morgan fingerprint density at radius 2 is 2.00 bits per heavy atom. The van der Waals surface area contributed by atoms with Gasteiger partial charge in [0.15, 0.2) is 0 Å². The van der Waals surface area contributed by atoms with Crippen LogP contribution >= 0.6 is 11.8 Å². The molecule has 4 atom stereocenters. The molecule has 4 unspecified atom stereocenters. The molecule has 0 aromatic heterocycles. The first-order valence-electron chi connectivity index (χ1n) is 7.20. The first kappa shape index (κ1) is 11.9. The van der Waals surface area contributed by atoms with Crippen LogP contribution in [0.1, 0.15) is 45.4 Å². The molecule has 1 amide bonds. The Morgan fingerprint density at radius 1 is 1.24 bits per heavy atom. The maximum Gasteiger partial charge on any atom is 0.223 e. The van der Waals surface area contributed by atoms with Crippen LogP contribution in [-0.2, 0) is 4.79 Å².